The molecule has 1 amide bonds. The van der Waals surface area contributed by atoms with Crippen LogP contribution >= 0.6 is 23.2 Å². The Morgan fingerprint density at radius 2 is 1.88 bits per heavy atom. The topological polar surface area (TPSA) is 84.5 Å². The number of amides is 1. The van der Waals surface area contributed by atoms with E-state index in [2.05, 4.69) is 10.0 Å². The summed E-state index contributed by atoms with van der Waals surface area (Å²) < 4.78 is 32.7. The van der Waals surface area contributed by atoms with Gasteiger partial charge in [0, 0.05) is 17.6 Å². The Morgan fingerprint density at radius 3 is 2.58 bits per heavy atom. The molecule has 0 spiro atoms. The largest absolute Gasteiger partial charge is 0.482 e. The maximum atomic E-state index is 12.5. The summed E-state index contributed by atoms with van der Waals surface area (Å²) in [6.45, 7) is -0.0865. The zero-order valence-corrected chi connectivity index (χ0v) is 14.5. The molecule has 0 saturated carbocycles. The first kappa shape index (κ1) is 17.0. The van der Waals surface area contributed by atoms with Crippen LogP contribution in [0.4, 0.5) is 5.69 Å². The fraction of sp³-hybridized carbons (Fsp3) is 0.133. The van der Waals surface area contributed by atoms with E-state index < -0.39 is 10.0 Å². The number of rotatable bonds is 4. The van der Waals surface area contributed by atoms with Gasteiger partial charge < -0.3 is 10.1 Å². The van der Waals surface area contributed by atoms with Gasteiger partial charge in [0.1, 0.15) is 10.6 Å². The maximum absolute atomic E-state index is 12.5. The molecule has 0 bridgehead atoms. The van der Waals surface area contributed by atoms with Gasteiger partial charge in [-0.25, -0.2) is 13.1 Å². The van der Waals surface area contributed by atoms with E-state index in [1.165, 1.54) is 12.1 Å². The predicted octanol–water partition coefficient (Wildman–Crippen LogP) is 2.80. The SMILES string of the molecule is O=C1COc2cc(S(=O)(=O)NCc3ccc(Cl)cc3)c(Cl)cc2N1. The van der Waals surface area contributed by atoms with Gasteiger partial charge in [0.2, 0.25) is 10.0 Å². The van der Waals surface area contributed by atoms with E-state index in [1.54, 1.807) is 24.3 Å². The minimum Gasteiger partial charge on any atom is -0.482 e. The van der Waals surface area contributed by atoms with Crippen LogP contribution in [0, 0.1) is 0 Å². The fourth-order valence-electron chi connectivity index (χ4n) is 2.15. The molecule has 1 aliphatic rings. The fourth-order valence-corrected chi connectivity index (χ4v) is 3.83. The van der Waals surface area contributed by atoms with Crippen molar-refractivity contribution in [2.75, 3.05) is 11.9 Å². The predicted molar refractivity (Wildman–Crippen MR) is 91.1 cm³/mol. The second kappa shape index (κ2) is 6.60. The summed E-state index contributed by atoms with van der Waals surface area (Å²) >= 11 is 11.8. The highest BCUT2D eigenvalue weighted by molar-refractivity contribution is 7.89. The highest BCUT2D eigenvalue weighted by atomic mass is 35.5. The number of nitrogens with one attached hydrogen (secondary N) is 2. The van der Waals surface area contributed by atoms with Crippen LogP contribution in [0.2, 0.25) is 10.0 Å². The van der Waals surface area contributed by atoms with Gasteiger partial charge in [0.15, 0.2) is 6.61 Å². The molecule has 3 rings (SSSR count). The molecule has 24 heavy (non-hydrogen) atoms. The smallest absolute Gasteiger partial charge is 0.262 e. The van der Waals surface area contributed by atoms with Crippen molar-refractivity contribution in [2.45, 2.75) is 11.4 Å². The third kappa shape index (κ3) is 3.64. The molecule has 2 N–H and O–H groups in total. The Kier molecular flexibility index (Phi) is 4.69. The monoisotopic (exact) mass is 386 g/mol. The second-order valence-electron chi connectivity index (χ2n) is 5.07. The number of hydrogen-bond donors (Lipinski definition) is 2. The quantitative estimate of drug-likeness (QED) is 0.845. The molecule has 0 saturated heterocycles. The lowest BCUT2D eigenvalue weighted by Crippen LogP contribution is -2.27. The van der Waals surface area contributed by atoms with Crippen molar-refractivity contribution < 1.29 is 17.9 Å². The minimum absolute atomic E-state index is 0.0110. The zero-order valence-electron chi connectivity index (χ0n) is 12.2. The molecule has 0 fully saturated rings. The summed E-state index contributed by atoms with van der Waals surface area (Å²) in [5.74, 6) is -0.0686. The molecule has 2 aromatic carbocycles. The molecule has 0 aliphatic carbocycles. The standard InChI is InChI=1S/C15H12Cl2N2O4S/c16-10-3-1-9(2-4-10)7-18-24(21,22)14-6-13-12(5-11(14)17)19-15(20)8-23-13/h1-6,18H,7-8H2,(H,19,20). The summed E-state index contributed by atoms with van der Waals surface area (Å²) in [6.07, 6.45) is 0. The first-order chi connectivity index (χ1) is 11.3. The summed E-state index contributed by atoms with van der Waals surface area (Å²) in [5.41, 5.74) is 1.09. The molecular formula is C15H12Cl2N2O4S. The van der Waals surface area contributed by atoms with Crippen molar-refractivity contribution in [3.8, 4) is 5.75 Å². The average molecular weight is 387 g/mol. The van der Waals surface area contributed by atoms with Crippen LogP contribution in [-0.4, -0.2) is 20.9 Å². The van der Waals surface area contributed by atoms with E-state index in [0.29, 0.717) is 10.7 Å². The van der Waals surface area contributed by atoms with Gasteiger partial charge in [0.05, 0.1) is 10.7 Å². The number of carbonyl (C=O) groups is 1. The first-order valence-corrected chi connectivity index (χ1v) is 9.09. The number of fused-ring (bicyclic) bond motifs is 1. The van der Waals surface area contributed by atoms with Crippen molar-refractivity contribution in [1.29, 1.82) is 0 Å². The van der Waals surface area contributed by atoms with Gasteiger partial charge in [-0.2, -0.15) is 0 Å². The number of ether oxygens (including phenoxy) is 1. The normalized spacial score (nSPS) is 13.8. The number of benzene rings is 2. The lowest BCUT2D eigenvalue weighted by Gasteiger charge is -2.19. The molecule has 6 nitrogen and oxygen atoms in total. The third-order valence-corrected chi connectivity index (χ3v) is 5.45. The van der Waals surface area contributed by atoms with Crippen molar-refractivity contribution in [2.24, 2.45) is 0 Å². The van der Waals surface area contributed by atoms with Crippen LogP contribution in [0.25, 0.3) is 0 Å². The number of hydrogen-bond acceptors (Lipinski definition) is 4. The van der Waals surface area contributed by atoms with Gasteiger partial charge in [-0.05, 0) is 23.8 Å². The first-order valence-electron chi connectivity index (χ1n) is 6.85. The van der Waals surface area contributed by atoms with Crippen LogP contribution in [-0.2, 0) is 21.4 Å². The highest BCUT2D eigenvalue weighted by Crippen LogP contribution is 2.35. The van der Waals surface area contributed by atoms with E-state index in [1.807, 2.05) is 0 Å². The Labute approximate surface area is 148 Å². The van der Waals surface area contributed by atoms with Crippen molar-refractivity contribution in [3.05, 3.63) is 52.0 Å². The molecule has 0 unspecified atom stereocenters. The summed E-state index contributed by atoms with van der Waals surface area (Å²) in [7, 11) is -3.85. The summed E-state index contributed by atoms with van der Waals surface area (Å²) in [4.78, 5) is 11.2. The molecule has 1 aliphatic heterocycles. The van der Waals surface area contributed by atoms with Gasteiger partial charge in [-0.3, -0.25) is 4.79 Å². The van der Waals surface area contributed by atoms with E-state index in [0.717, 1.165) is 5.56 Å². The Bertz CT molecular complexity index is 898. The van der Waals surface area contributed by atoms with Crippen molar-refractivity contribution >= 4 is 44.8 Å². The lowest BCUT2D eigenvalue weighted by atomic mass is 10.2. The molecular weight excluding hydrogens is 375 g/mol. The summed E-state index contributed by atoms with van der Waals surface area (Å²) in [6, 6.07) is 9.43. The van der Waals surface area contributed by atoms with Gasteiger partial charge in [-0.15, -0.1) is 0 Å². The van der Waals surface area contributed by atoms with Crippen LogP contribution in [0.5, 0.6) is 5.75 Å². The van der Waals surface area contributed by atoms with Crippen molar-refractivity contribution in [1.82, 2.24) is 4.72 Å². The second-order valence-corrected chi connectivity index (χ2v) is 7.65. The number of sulfonamides is 1. The molecule has 1 heterocycles. The van der Waals surface area contributed by atoms with E-state index in [4.69, 9.17) is 27.9 Å². The van der Waals surface area contributed by atoms with E-state index in [-0.39, 0.29) is 34.7 Å². The van der Waals surface area contributed by atoms with E-state index >= 15 is 0 Å². The Hall–Kier alpha value is -1.80. The number of halogens is 2. The van der Waals surface area contributed by atoms with Crippen LogP contribution in [0.15, 0.2) is 41.3 Å². The molecule has 2 aromatic rings. The maximum Gasteiger partial charge on any atom is 0.262 e. The van der Waals surface area contributed by atoms with Gasteiger partial charge in [0.25, 0.3) is 5.91 Å². The molecule has 0 atom stereocenters. The minimum atomic E-state index is -3.85. The third-order valence-electron chi connectivity index (χ3n) is 3.34. The van der Waals surface area contributed by atoms with Crippen LogP contribution in [0.1, 0.15) is 5.56 Å². The highest BCUT2D eigenvalue weighted by Gasteiger charge is 2.24. The molecule has 0 aromatic heterocycles. The average Bonchev–Trinajstić information content (AvgIpc) is 2.53. The lowest BCUT2D eigenvalue weighted by molar-refractivity contribution is -0.118. The molecule has 9 heteroatoms. The molecule has 0 radical (unpaired) electrons. The Morgan fingerprint density at radius 1 is 1.17 bits per heavy atom. The van der Waals surface area contributed by atoms with E-state index in [9.17, 15) is 13.2 Å². The van der Waals surface area contributed by atoms with Crippen LogP contribution < -0.4 is 14.8 Å². The molecule has 126 valence electrons. The number of carbonyl (C=O) groups excluding carboxylic acids is 1. The van der Waals surface area contributed by atoms with Gasteiger partial charge in [-0.1, -0.05) is 35.3 Å². The van der Waals surface area contributed by atoms with Crippen LogP contribution in [0.3, 0.4) is 0 Å². The summed E-state index contributed by atoms with van der Waals surface area (Å²) in [5, 5.41) is 3.12. The Balaban J connectivity index is 1.84. The van der Waals surface area contributed by atoms with Crippen molar-refractivity contribution in [3.63, 3.8) is 0 Å². The zero-order chi connectivity index (χ0) is 17.3. The number of anilines is 1. The van der Waals surface area contributed by atoms with Gasteiger partial charge >= 0.3 is 0 Å².